The van der Waals surface area contributed by atoms with Gasteiger partial charge in [0, 0.05) is 18.3 Å². The van der Waals surface area contributed by atoms with Crippen LogP contribution in [0.25, 0.3) is 0 Å². The van der Waals surface area contributed by atoms with Gasteiger partial charge in [0.15, 0.2) is 0 Å². The summed E-state index contributed by atoms with van der Waals surface area (Å²) in [5.41, 5.74) is -0.500. The largest absolute Gasteiger partial charge is 0.468 e. The fourth-order valence-electron chi connectivity index (χ4n) is 1.38. The Morgan fingerprint density at radius 3 is 2.06 bits per heavy atom. The molecule has 0 aliphatic heterocycles. The molecule has 4 nitrogen and oxygen atoms in total. The van der Waals surface area contributed by atoms with Crippen LogP contribution < -0.4 is 0 Å². The van der Waals surface area contributed by atoms with E-state index in [-0.39, 0.29) is 24.4 Å². The van der Waals surface area contributed by atoms with E-state index in [2.05, 4.69) is 4.74 Å². The van der Waals surface area contributed by atoms with Crippen LogP contribution in [0.15, 0.2) is 0 Å². The van der Waals surface area contributed by atoms with Crippen molar-refractivity contribution in [1.82, 2.24) is 0 Å². The lowest BCUT2D eigenvalue weighted by atomic mass is 9.80. The molecule has 0 saturated heterocycles. The molecule has 98 valence electrons. The van der Waals surface area contributed by atoms with Gasteiger partial charge in [-0.15, -0.1) is 0 Å². The molecule has 0 rings (SSSR count). The van der Waals surface area contributed by atoms with Crippen LogP contribution in [0.1, 0.15) is 47.0 Å². The standard InChI is InChI=1S/C13H22O4/c1-6-10(14)9(12(16)17-5)8-11(15)13(3,4)7-2/h9H,6-8H2,1-5H3. The van der Waals surface area contributed by atoms with Crippen molar-refractivity contribution in [1.29, 1.82) is 0 Å². The maximum Gasteiger partial charge on any atom is 0.316 e. The van der Waals surface area contributed by atoms with Gasteiger partial charge < -0.3 is 4.74 Å². The first-order chi connectivity index (χ1) is 7.80. The molecular weight excluding hydrogens is 220 g/mol. The van der Waals surface area contributed by atoms with Crippen molar-refractivity contribution in [3.63, 3.8) is 0 Å². The molecule has 4 heteroatoms. The van der Waals surface area contributed by atoms with Crippen molar-refractivity contribution in [3.05, 3.63) is 0 Å². The number of rotatable bonds is 7. The number of carbonyl (C=O) groups is 3. The highest BCUT2D eigenvalue weighted by atomic mass is 16.5. The lowest BCUT2D eigenvalue weighted by Gasteiger charge is -2.22. The summed E-state index contributed by atoms with van der Waals surface area (Å²) >= 11 is 0. The van der Waals surface area contributed by atoms with Crippen LogP contribution in [-0.4, -0.2) is 24.6 Å². The smallest absolute Gasteiger partial charge is 0.316 e. The van der Waals surface area contributed by atoms with Crippen LogP contribution >= 0.6 is 0 Å². The van der Waals surface area contributed by atoms with Crippen molar-refractivity contribution in [2.75, 3.05) is 7.11 Å². The second kappa shape index (κ2) is 6.52. The molecule has 0 aromatic rings. The van der Waals surface area contributed by atoms with E-state index in [0.29, 0.717) is 6.42 Å². The Kier molecular flexibility index (Phi) is 6.07. The van der Waals surface area contributed by atoms with Gasteiger partial charge in [0.25, 0.3) is 0 Å². The minimum Gasteiger partial charge on any atom is -0.468 e. The zero-order chi connectivity index (χ0) is 13.6. The van der Waals surface area contributed by atoms with Gasteiger partial charge in [-0.05, 0) is 6.42 Å². The number of hydrogen-bond acceptors (Lipinski definition) is 4. The molecule has 0 aliphatic carbocycles. The molecule has 0 amide bonds. The molecule has 0 aliphatic rings. The van der Waals surface area contributed by atoms with Crippen LogP contribution in [0, 0.1) is 11.3 Å². The van der Waals surface area contributed by atoms with Crippen molar-refractivity contribution >= 4 is 17.5 Å². The lowest BCUT2D eigenvalue weighted by molar-refractivity contribution is -0.152. The average Bonchev–Trinajstić information content (AvgIpc) is 2.33. The Hall–Kier alpha value is -1.19. The van der Waals surface area contributed by atoms with Crippen LogP contribution in [0.4, 0.5) is 0 Å². The number of hydrogen-bond donors (Lipinski definition) is 0. The highest BCUT2D eigenvalue weighted by molar-refractivity contribution is 6.03. The molecule has 0 aromatic heterocycles. The van der Waals surface area contributed by atoms with Gasteiger partial charge in [0.1, 0.15) is 17.5 Å². The second-order valence-electron chi connectivity index (χ2n) is 4.76. The zero-order valence-corrected chi connectivity index (χ0v) is 11.3. The van der Waals surface area contributed by atoms with Crippen molar-refractivity contribution in [2.24, 2.45) is 11.3 Å². The first-order valence-corrected chi connectivity index (χ1v) is 5.94. The number of Topliss-reactive ketones (excluding diaryl/α,β-unsaturated/α-hetero) is 2. The molecule has 0 aromatic carbocycles. The summed E-state index contributed by atoms with van der Waals surface area (Å²) in [5.74, 6) is -1.87. The third kappa shape index (κ3) is 4.29. The van der Waals surface area contributed by atoms with Crippen molar-refractivity contribution in [2.45, 2.75) is 47.0 Å². The summed E-state index contributed by atoms with van der Waals surface area (Å²) < 4.78 is 4.57. The Balaban J connectivity index is 4.83. The normalized spacial score (nSPS) is 13.0. The first-order valence-electron chi connectivity index (χ1n) is 5.94. The molecule has 0 N–H and O–H groups in total. The van der Waals surface area contributed by atoms with Crippen molar-refractivity contribution < 1.29 is 19.1 Å². The maximum atomic E-state index is 12.0. The zero-order valence-electron chi connectivity index (χ0n) is 11.3. The molecule has 1 unspecified atom stereocenters. The number of carbonyl (C=O) groups excluding carboxylic acids is 3. The number of methoxy groups -OCH3 is 1. The Labute approximate surface area is 103 Å². The summed E-state index contributed by atoms with van der Waals surface area (Å²) in [5, 5.41) is 0. The summed E-state index contributed by atoms with van der Waals surface area (Å²) in [7, 11) is 1.23. The van der Waals surface area contributed by atoms with Gasteiger partial charge >= 0.3 is 5.97 Å². The SMILES string of the molecule is CCC(=O)C(CC(=O)C(C)(C)CC)C(=O)OC. The van der Waals surface area contributed by atoms with E-state index in [1.165, 1.54) is 7.11 Å². The molecule has 0 heterocycles. The Morgan fingerprint density at radius 2 is 1.71 bits per heavy atom. The van der Waals surface area contributed by atoms with Gasteiger partial charge in [-0.3, -0.25) is 14.4 Å². The molecular formula is C13H22O4. The fraction of sp³-hybridized carbons (Fsp3) is 0.769. The first kappa shape index (κ1) is 15.8. The van der Waals surface area contributed by atoms with Crippen molar-refractivity contribution in [3.8, 4) is 0 Å². The summed E-state index contributed by atoms with van der Waals surface area (Å²) in [6.07, 6.45) is 0.861. The molecule has 0 bridgehead atoms. The van der Waals surface area contributed by atoms with E-state index in [0.717, 1.165) is 0 Å². The topological polar surface area (TPSA) is 60.4 Å². The maximum absolute atomic E-state index is 12.0. The lowest BCUT2D eigenvalue weighted by Crippen LogP contribution is -2.32. The molecule has 1 atom stereocenters. The average molecular weight is 242 g/mol. The van der Waals surface area contributed by atoms with Crippen LogP contribution in [0.5, 0.6) is 0 Å². The van der Waals surface area contributed by atoms with Crippen LogP contribution in [-0.2, 0) is 19.1 Å². The summed E-state index contributed by atoms with van der Waals surface area (Å²) in [4.78, 5) is 35.1. The van der Waals surface area contributed by atoms with Gasteiger partial charge in [0.05, 0.1) is 7.11 Å². The van der Waals surface area contributed by atoms with E-state index in [1.807, 2.05) is 20.8 Å². The quantitative estimate of drug-likeness (QED) is 0.507. The van der Waals surface area contributed by atoms with Crippen LogP contribution in [0.3, 0.4) is 0 Å². The number of ketones is 2. The molecule has 0 radical (unpaired) electrons. The highest BCUT2D eigenvalue weighted by Gasteiger charge is 2.34. The third-order valence-corrected chi connectivity index (χ3v) is 3.25. The molecule has 17 heavy (non-hydrogen) atoms. The van der Waals surface area contributed by atoms with E-state index in [1.54, 1.807) is 6.92 Å². The minimum absolute atomic E-state index is 0.0554. The van der Waals surface area contributed by atoms with Crippen LogP contribution in [0.2, 0.25) is 0 Å². The summed E-state index contributed by atoms with van der Waals surface area (Å²) in [6, 6.07) is 0. The van der Waals surface area contributed by atoms with E-state index in [9.17, 15) is 14.4 Å². The van der Waals surface area contributed by atoms with E-state index in [4.69, 9.17) is 0 Å². The molecule has 0 spiro atoms. The van der Waals surface area contributed by atoms with Gasteiger partial charge in [-0.1, -0.05) is 27.7 Å². The predicted molar refractivity (Wildman–Crippen MR) is 64.5 cm³/mol. The van der Waals surface area contributed by atoms with Gasteiger partial charge in [0.2, 0.25) is 0 Å². The monoisotopic (exact) mass is 242 g/mol. The van der Waals surface area contributed by atoms with E-state index < -0.39 is 17.3 Å². The fourth-order valence-corrected chi connectivity index (χ4v) is 1.38. The minimum atomic E-state index is -0.941. The second-order valence-corrected chi connectivity index (χ2v) is 4.76. The highest BCUT2D eigenvalue weighted by Crippen LogP contribution is 2.25. The number of ether oxygens (including phenoxy) is 1. The number of esters is 1. The Morgan fingerprint density at radius 1 is 1.18 bits per heavy atom. The third-order valence-electron chi connectivity index (χ3n) is 3.25. The molecule has 0 saturated carbocycles. The molecule has 0 fully saturated rings. The Bertz CT molecular complexity index is 289. The van der Waals surface area contributed by atoms with Gasteiger partial charge in [-0.25, -0.2) is 0 Å². The van der Waals surface area contributed by atoms with Gasteiger partial charge in [-0.2, -0.15) is 0 Å². The summed E-state index contributed by atoms with van der Waals surface area (Å²) in [6.45, 7) is 7.22. The predicted octanol–water partition coefficient (Wildman–Crippen LogP) is 2.15. The van der Waals surface area contributed by atoms with E-state index >= 15 is 0 Å².